The molecule has 1 saturated heterocycles. The van der Waals surface area contributed by atoms with Crippen molar-refractivity contribution in [3.05, 3.63) is 11.6 Å². The summed E-state index contributed by atoms with van der Waals surface area (Å²) in [7, 11) is 0. The third-order valence-electron chi connectivity index (χ3n) is 9.70. The number of allylic oxidation sites excluding steroid dienone is 1. The second kappa shape index (κ2) is 6.68. The van der Waals surface area contributed by atoms with Crippen molar-refractivity contribution in [1.82, 2.24) is 0 Å². The van der Waals surface area contributed by atoms with E-state index in [1.54, 1.807) is 6.92 Å². The predicted molar refractivity (Wildman–Crippen MR) is 114 cm³/mol. The Morgan fingerprint density at radius 1 is 1.17 bits per heavy atom. The van der Waals surface area contributed by atoms with Gasteiger partial charge in [0.1, 0.15) is 5.60 Å². The van der Waals surface area contributed by atoms with Crippen molar-refractivity contribution in [2.24, 2.45) is 28.6 Å². The molecule has 0 bridgehead atoms. The van der Waals surface area contributed by atoms with E-state index in [-0.39, 0.29) is 45.3 Å². The van der Waals surface area contributed by atoms with E-state index in [9.17, 15) is 19.5 Å². The van der Waals surface area contributed by atoms with E-state index in [0.717, 1.165) is 25.7 Å². The predicted octanol–water partition coefficient (Wildman–Crippen LogP) is 3.82. The van der Waals surface area contributed by atoms with E-state index < -0.39 is 17.1 Å². The lowest BCUT2D eigenvalue weighted by Crippen LogP contribution is -2.63. The number of rotatable bonds is 1. The summed E-state index contributed by atoms with van der Waals surface area (Å²) in [5.41, 5.74) is 0.0356. The molecule has 0 aromatic heterocycles. The Morgan fingerprint density at radius 2 is 1.93 bits per heavy atom. The average molecular weight is 433 g/mol. The average Bonchev–Trinajstić information content (AvgIpc) is 3.19. The van der Waals surface area contributed by atoms with Crippen molar-refractivity contribution in [2.75, 3.05) is 0 Å². The third-order valence-corrected chi connectivity index (χ3v) is 10.8. The van der Waals surface area contributed by atoms with Gasteiger partial charge in [0.2, 0.25) is 0 Å². The van der Waals surface area contributed by atoms with Gasteiger partial charge in [-0.2, -0.15) is 0 Å². The van der Waals surface area contributed by atoms with Gasteiger partial charge in [-0.1, -0.05) is 31.2 Å². The largest absolute Gasteiger partial charge is 0.458 e. The van der Waals surface area contributed by atoms with Gasteiger partial charge in [0.15, 0.2) is 10.9 Å². The lowest BCUT2D eigenvalue weighted by Gasteiger charge is -2.62. The van der Waals surface area contributed by atoms with Gasteiger partial charge < -0.3 is 9.84 Å². The quantitative estimate of drug-likeness (QED) is 0.635. The molecule has 5 nitrogen and oxygen atoms in total. The Labute approximate surface area is 182 Å². The lowest BCUT2D eigenvalue weighted by molar-refractivity contribution is -0.196. The minimum absolute atomic E-state index is 0.100. The second-order valence-electron chi connectivity index (χ2n) is 10.7. The van der Waals surface area contributed by atoms with Crippen LogP contribution in [-0.2, 0) is 19.1 Å². The molecular weight excluding hydrogens is 400 g/mol. The van der Waals surface area contributed by atoms with Crippen LogP contribution in [-0.4, -0.2) is 38.9 Å². The molecule has 0 aromatic carbocycles. The maximum absolute atomic E-state index is 12.2. The Hall–Kier alpha value is -1.14. The number of thioether (sulfide) groups is 1. The molecule has 30 heavy (non-hydrogen) atoms. The first-order valence-corrected chi connectivity index (χ1v) is 12.3. The molecule has 4 aliphatic carbocycles. The Balaban J connectivity index is 1.60. The molecule has 0 unspecified atom stereocenters. The number of aliphatic hydroxyl groups excluding tert-OH is 1. The number of esters is 1. The standard InChI is InChI=1S/C24H32O5S/c1-13(25)30-18-11-14-10-15(26)4-7-22(14,2)17-12-19(27)23(3)16(21(17)18)5-8-24(23)9-6-20(28)29-24/h10,16-19,21,27H,4-9,11-12H2,1-3H3/t16-,17-,18+,19+,21-,22-,23+,24+/m0/s1. The maximum Gasteiger partial charge on any atom is 0.306 e. The molecular formula is C24H32O5S. The van der Waals surface area contributed by atoms with Crippen LogP contribution in [0.25, 0.3) is 0 Å². The second-order valence-corrected chi connectivity index (χ2v) is 12.2. The molecule has 0 radical (unpaired) electrons. The summed E-state index contributed by atoms with van der Waals surface area (Å²) in [4.78, 5) is 36.5. The van der Waals surface area contributed by atoms with Gasteiger partial charge in [-0.3, -0.25) is 14.4 Å². The molecule has 8 atom stereocenters. The van der Waals surface area contributed by atoms with Crippen LogP contribution < -0.4 is 0 Å². The molecule has 3 saturated carbocycles. The summed E-state index contributed by atoms with van der Waals surface area (Å²) in [5, 5.41) is 11.8. The Bertz CT molecular complexity index is 851. The summed E-state index contributed by atoms with van der Waals surface area (Å²) >= 11 is 1.42. The fraction of sp³-hybridized carbons (Fsp3) is 0.792. The van der Waals surface area contributed by atoms with Crippen molar-refractivity contribution in [3.63, 3.8) is 0 Å². The summed E-state index contributed by atoms with van der Waals surface area (Å²) < 4.78 is 5.97. The van der Waals surface area contributed by atoms with E-state index in [4.69, 9.17) is 4.74 Å². The fourth-order valence-corrected chi connectivity index (χ4v) is 9.35. The van der Waals surface area contributed by atoms with E-state index in [1.807, 2.05) is 6.08 Å². The van der Waals surface area contributed by atoms with E-state index in [2.05, 4.69) is 13.8 Å². The van der Waals surface area contributed by atoms with Crippen molar-refractivity contribution >= 4 is 28.6 Å². The summed E-state index contributed by atoms with van der Waals surface area (Å²) in [6, 6.07) is 0. The Kier molecular flexibility index (Phi) is 4.62. The zero-order valence-electron chi connectivity index (χ0n) is 18.1. The number of carbonyl (C=O) groups is 3. The van der Waals surface area contributed by atoms with Gasteiger partial charge in [-0.25, -0.2) is 0 Å². The molecule has 164 valence electrons. The highest BCUT2D eigenvalue weighted by atomic mass is 32.2. The lowest BCUT2D eigenvalue weighted by atomic mass is 9.45. The minimum Gasteiger partial charge on any atom is -0.458 e. The van der Waals surface area contributed by atoms with E-state index in [1.165, 1.54) is 17.3 Å². The van der Waals surface area contributed by atoms with Crippen molar-refractivity contribution in [2.45, 2.75) is 89.1 Å². The number of ketones is 1. The third kappa shape index (κ3) is 2.62. The number of ether oxygens (including phenoxy) is 1. The van der Waals surface area contributed by atoms with Gasteiger partial charge >= 0.3 is 5.97 Å². The van der Waals surface area contributed by atoms with Gasteiger partial charge in [0.05, 0.1) is 6.10 Å². The van der Waals surface area contributed by atoms with Gasteiger partial charge in [-0.05, 0) is 67.8 Å². The van der Waals surface area contributed by atoms with Crippen LogP contribution >= 0.6 is 11.8 Å². The molecule has 5 aliphatic rings. The first-order chi connectivity index (χ1) is 14.1. The number of hydrogen-bond acceptors (Lipinski definition) is 6. The maximum atomic E-state index is 12.2. The van der Waals surface area contributed by atoms with Crippen LogP contribution in [0.5, 0.6) is 0 Å². The van der Waals surface area contributed by atoms with Crippen LogP contribution in [0.4, 0.5) is 0 Å². The van der Waals surface area contributed by atoms with Gasteiger partial charge in [0.25, 0.3) is 0 Å². The molecule has 1 spiro atoms. The topological polar surface area (TPSA) is 80.7 Å². The van der Waals surface area contributed by atoms with Crippen LogP contribution in [0.3, 0.4) is 0 Å². The smallest absolute Gasteiger partial charge is 0.306 e. The van der Waals surface area contributed by atoms with Crippen LogP contribution in [0.1, 0.15) is 72.1 Å². The summed E-state index contributed by atoms with van der Waals surface area (Å²) in [6.07, 6.45) is 6.94. The molecule has 0 aromatic rings. The van der Waals surface area contributed by atoms with E-state index in [0.29, 0.717) is 25.7 Å². The monoisotopic (exact) mass is 432 g/mol. The molecule has 0 amide bonds. The molecule has 1 N–H and O–H groups in total. The van der Waals surface area contributed by atoms with Crippen LogP contribution in [0.2, 0.25) is 0 Å². The molecule has 4 fully saturated rings. The highest BCUT2D eigenvalue weighted by molar-refractivity contribution is 8.14. The van der Waals surface area contributed by atoms with Crippen molar-refractivity contribution in [3.8, 4) is 0 Å². The van der Waals surface area contributed by atoms with Crippen LogP contribution in [0, 0.1) is 28.6 Å². The van der Waals surface area contributed by atoms with E-state index >= 15 is 0 Å². The fourth-order valence-electron chi connectivity index (χ4n) is 8.12. The summed E-state index contributed by atoms with van der Waals surface area (Å²) in [5.74, 6) is 0.771. The summed E-state index contributed by atoms with van der Waals surface area (Å²) in [6.45, 7) is 6.03. The van der Waals surface area contributed by atoms with Crippen molar-refractivity contribution in [1.29, 1.82) is 0 Å². The first-order valence-electron chi connectivity index (χ1n) is 11.4. The zero-order valence-corrected chi connectivity index (χ0v) is 18.9. The van der Waals surface area contributed by atoms with Crippen LogP contribution in [0.15, 0.2) is 11.6 Å². The minimum atomic E-state index is -0.565. The zero-order chi connectivity index (χ0) is 21.5. The number of carbonyl (C=O) groups excluding carboxylic acids is 3. The number of fused-ring (bicyclic) bond motifs is 6. The number of hydrogen-bond donors (Lipinski definition) is 1. The molecule has 6 heteroatoms. The normalized spacial score (nSPS) is 49.9. The first kappa shape index (κ1) is 20.7. The van der Waals surface area contributed by atoms with Gasteiger partial charge in [-0.15, -0.1) is 0 Å². The number of aliphatic hydroxyl groups is 1. The molecule has 1 heterocycles. The highest BCUT2D eigenvalue weighted by Crippen LogP contribution is 2.70. The molecule has 1 aliphatic heterocycles. The van der Waals surface area contributed by atoms with Gasteiger partial charge in [0, 0.05) is 30.4 Å². The SMILES string of the molecule is CC(=O)S[C@@H]1CC2=CC(=O)CC[C@]2(C)[C@H]2C[C@@H](O)[C@@]3(C)[C@@H](CC[C@@]34CCC(=O)O4)[C@H]12. The Morgan fingerprint density at radius 3 is 2.60 bits per heavy atom. The molecule has 5 rings (SSSR count). The van der Waals surface area contributed by atoms with Crippen molar-refractivity contribution < 1.29 is 24.2 Å². The highest BCUT2D eigenvalue weighted by Gasteiger charge is 2.71.